The summed E-state index contributed by atoms with van der Waals surface area (Å²) >= 11 is 0. The summed E-state index contributed by atoms with van der Waals surface area (Å²) in [4.78, 5) is 14.2. The van der Waals surface area contributed by atoms with Crippen LogP contribution in [0.15, 0.2) is 18.3 Å². The Hall–Kier alpha value is -1.87. The SMILES string of the molecule is COCCOc1ccc(NS(=O)(=O)CCC(=O)O)cn1. The van der Waals surface area contributed by atoms with Gasteiger partial charge in [0, 0.05) is 13.2 Å². The Morgan fingerprint density at radius 2 is 2.15 bits per heavy atom. The van der Waals surface area contributed by atoms with E-state index in [0.717, 1.165) is 0 Å². The zero-order valence-corrected chi connectivity index (χ0v) is 11.7. The van der Waals surface area contributed by atoms with Crippen molar-refractivity contribution in [2.75, 3.05) is 30.8 Å². The largest absolute Gasteiger partial charge is 0.481 e. The lowest BCUT2D eigenvalue weighted by Crippen LogP contribution is -2.19. The molecule has 0 aliphatic carbocycles. The number of aliphatic carboxylic acids is 1. The molecule has 20 heavy (non-hydrogen) atoms. The average Bonchev–Trinajstić information content (AvgIpc) is 2.39. The number of hydrogen-bond acceptors (Lipinski definition) is 6. The number of sulfonamides is 1. The molecule has 0 fully saturated rings. The molecule has 0 aliphatic rings. The molecule has 1 rings (SSSR count). The predicted octanol–water partition coefficient (Wildman–Crippen LogP) is 0.323. The molecule has 0 saturated carbocycles. The van der Waals surface area contributed by atoms with E-state index in [-0.39, 0.29) is 5.69 Å². The molecule has 9 heteroatoms. The van der Waals surface area contributed by atoms with Gasteiger partial charge in [0.15, 0.2) is 0 Å². The van der Waals surface area contributed by atoms with E-state index in [9.17, 15) is 13.2 Å². The lowest BCUT2D eigenvalue weighted by atomic mass is 10.4. The zero-order valence-electron chi connectivity index (χ0n) is 10.9. The first-order valence-electron chi connectivity index (χ1n) is 5.73. The first-order chi connectivity index (χ1) is 9.43. The van der Waals surface area contributed by atoms with Crippen molar-refractivity contribution < 1.29 is 27.8 Å². The molecule has 0 aliphatic heterocycles. The molecule has 0 radical (unpaired) electrons. The Balaban J connectivity index is 2.54. The number of carbonyl (C=O) groups is 1. The monoisotopic (exact) mass is 304 g/mol. The van der Waals surface area contributed by atoms with Crippen LogP contribution in [-0.2, 0) is 19.6 Å². The highest BCUT2D eigenvalue weighted by atomic mass is 32.2. The van der Waals surface area contributed by atoms with Gasteiger partial charge >= 0.3 is 5.97 Å². The molecular formula is C11H16N2O6S. The fraction of sp³-hybridized carbons (Fsp3) is 0.455. The maximum absolute atomic E-state index is 11.6. The highest BCUT2D eigenvalue weighted by molar-refractivity contribution is 7.92. The first-order valence-corrected chi connectivity index (χ1v) is 7.38. The first kappa shape index (κ1) is 16.2. The number of aromatic nitrogens is 1. The molecule has 1 aromatic heterocycles. The van der Waals surface area contributed by atoms with Gasteiger partial charge in [0.2, 0.25) is 15.9 Å². The molecule has 112 valence electrons. The van der Waals surface area contributed by atoms with Crippen LogP contribution in [0.25, 0.3) is 0 Å². The topological polar surface area (TPSA) is 115 Å². The second-order valence-electron chi connectivity index (χ2n) is 3.79. The van der Waals surface area contributed by atoms with E-state index in [0.29, 0.717) is 19.1 Å². The average molecular weight is 304 g/mol. The molecule has 0 amide bonds. The number of methoxy groups -OCH3 is 1. The van der Waals surface area contributed by atoms with Gasteiger partial charge in [-0.1, -0.05) is 0 Å². The lowest BCUT2D eigenvalue weighted by molar-refractivity contribution is -0.136. The van der Waals surface area contributed by atoms with E-state index < -0.39 is 28.2 Å². The van der Waals surface area contributed by atoms with Crippen LogP contribution < -0.4 is 9.46 Å². The van der Waals surface area contributed by atoms with Crippen LogP contribution >= 0.6 is 0 Å². The van der Waals surface area contributed by atoms with Crippen molar-refractivity contribution in [3.8, 4) is 5.88 Å². The summed E-state index contributed by atoms with van der Waals surface area (Å²) in [7, 11) is -2.15. The molecule has 0 bridgehead atoms. The quantitative estimate of drug-likeness (QED) is 0.631. The number of nitrogens with one attached hydrogen (secondary N) is 1. The standard InChI is InChI=1S/C11H16N2O6S/c1-18-5-6-19-10-3-2-9(8-12-10)13-20(16,17)7-4-11(14)15/h2-3,8,13H,4-7H2,1H3,(H,14,15). The van der Waals surface area contributed by atoms with Crippen molar-refractivity contribution >= 4 is 21.7 Å². The van der Waals surface area contributed by atoms with Crippen LogP contribution in [0.2, 0.25) is 0 Å². The molecule has 0 aromatic carbocycles. The van der Waals surface area contributed by atoms with E-state index in [2.05, 4.69) is 9.71 Å². The van der Waals surface area contributed by atoms with Crippen molar-refractivity contribution in [2.45, 2.75) is 6.42 Å². The lowest BCUT2D eigenvalue weighted by Gasteiger charge is -2.08. The minimum Gasteiger partial charge on any atom is -0.481 e. The molecule has 2 N–H and O–H groups in total. The maximum atomic E-state index is 11.6. The fourth-order valence-corrected chi connectivity index (χ4v) is 2.23. The molecule has 0 unspecified atom stereocenters. The fourth-order valence-electron chi connectivity index (χ4n) is 1.21. The van der Waals surface area contributed by atoms with Crippen LogP contribution in [0.4, 0.5) is 5.69 Å². The third-order valence-electron chi connectivity index (χ3n) is 2.13. The number of nitrogens with zero attached hydrogens (tertiary/aromatic N) is 1. The summed E-state index contributed by atoms with van der Waals surface area (Å²) in [5.74, 6) is -1.32. The van der Waals surface area contributed by atoms with Gasteiger partial charge in [0.05, 0.1) is 30.7 Å². The van der Waals surface area contributed by atoms with Crippen LogP contribution in [-0.4, -0.2) is 50.6 Å². The smallest absolute Gasteiger partial charge is 0.304 e. The molecule has 8 nitrogen and oxygen atoms in total. The van der Waals surface area contributed by atoms with Crippen LogP contribution in [0, 0.1) is 0 Å². The van der Waals surface area contributed by atoms with Gasteiger partial charge in [-0.3, -0.25) is 9.52 Å². The van der Waals surface area contributed by atoms with Gasteiger partial charge in [0.1, 0.15) is 6.61 Å². The Labute approximate surface area is 116 Å². The maximum Gasteiger partial charge on any atom is 0.304 e. The summed E-state index contributed by atoms with van der Waals surface area (Å²) in [6, 6.07) is 2.98. The van der Waals surface area contributed by atoms with Gasteiger partial charge < -0.3 is 14.6 Å². The van der Waals surface area contributed by atoms with Gasteiger partial charge in [0.25, 0.3) is 0 Å². The second-order valence-corrected chi connectivity index (χ2v) is 5.63. The Morgan fingerprint density at radius 3 is 2.70 bits per heavy atom. The summed E-state index contributed by atoms with van der Waals surface area (Å²) in [5, 5.41) is 8.45. The molecular weight excluding hydrogens is 288 g/mol. The number of ether oxygens (including phenoxy) is 2. The normalized spacial score (nSPS) is 11.1. The summed E-state index contributed by atoms with van der Waals surface area (Å²) in [6.07, 6.45) is 0.835. The molecule has 0 atom stereocenters. The molecule has 0 saturated heterocycles. The van der Waals surface area contributed by atoms with E-state index in [1.54, 1.807) is 7.11 Å². The predicted molar refractivity (Wildman–Crippen MR) is 71.3 cm³/mol. The summed E-state index contributed by atoms with van der Waals surface area (Å²) in [5.41, 5.74) is 0.245. The van der Waals surface area contributed by atoms with Crippen LogP contribution in [0.5, 0.6) is 5.88 Å². The van der Waals surface area contributed by atoms with E-state index >= 15 is 0 Å². The van der Waals surface area contributed by atoms with Crippen molar-refractivity contribution in [3.63, 3.8) is 0 Å². The number of hydrogen-bond donors (Lipinski definition) is 2. The van der Waals surface area contributed by atoms with Gasteiger partial charge in [-0.05, 0) is 6.07 Å². The molecule has 0 spiro atoms. The van der Waals surface area contributed by atoms with Gasteiger partial charge in [-0.25, -0.2) is 13.4 Å². The second kappa shape index (κ2) is 7.65. The van der Waals surface area contributed by atoms with E-state index in [1.165, 1.54) is 18.3 Å². The number of pyridine rings is 1. The number of anilines is 1. The minimum atomic E-state index is -3.70. The Bertz CT molecular complexity index is 528. The molecule has 1 heterocycles. The highest BCUT2D eigenvalue weighted by Crippen LogP contribution is 2.13. The van der Waals surface area contributed by atoms with Gasteiger partial charge in [-0.2, -0.15) is 0 Å². The molecule has 1 aromatic rings. The highest BCUT2D eigenvalue weighted by Gasteiger charge is 2.13. The number of carboxylic acids is 1. The van der Waals surface area contributed by atoms with Gasteiger partial charge in [-0.15, -0.1) is 0 Å². The Kier molecular flexibility index (Phi) is 6.19. The summed E-state index contributed by atoms with van der Waals surface area (Å²) < 4.78 is 35.4. The van der Waals surface area contributed by atoms with Crippen LogP contribution in [0.3, 0.4) is 0 Å². The van der Waals surface area contributed by atoms with Crippen LogP contribution in [0.1, 0.15) is 6.42 Å². The minimum absolute atomic E-state index is 0.245. The zero-order chi connectivity index (χ0) is 15.0. The third kappa shape index (κ3) is 6.34. The van der Waals surface area contributed by atoms with E-state index in [4.69, 9.17) is 14.6 Å². The van der Waals surface area contributed by atoms with Crippen molar-refractivity contribution in [1.82, 2.24) is 4.98 Å². The number of carboxylic acid groups (broad SMARTS) is 1. The van der Waals surface area contributed by atoms with Crippen molar-refractivity contribution in [2.24, 2.45) is 0 Å². The van der Waals surface area contributed by atoms with E-state index in [1.807, 2.05) is 0 Å². The third-order valence-corrected chi connectivity index (χ3v) is 3.42. The van der Waals surface area contributed by atoms with Crippen molar-refractivity contribution in [3.05, 3.63) is 18.3 Å². The number of rotatable bonds is 9. The Morgan fingerprint density at radius 1 is 1.40 bits per heavy atom. The van der Waals surface area contributed by atoms with Crippen molar-refractivity contribution in [1.29, 1.82) is 0 Å². The summed E-state index contributed by atoms with van der Waals surface area (Å²) in [6.45, 7) is 0.762.